The maximum atomic E-state index is 13.1. The van der Waals surface area contributed by atoms with E-state index in [0.29, 0.717) is 25.3 Å². The molecule has 1 saturated carbocycles. The summed E-state index contributed by atoms with van der Waals surface area (Å²) >= 11 is 0. The van der Waals surface area contributed by atoms with Gasteiger partial charge in [0, 0.05) is 7.05 Å². The van der Waals surface area contributed by atoms with Crippen molar-refractivity contribution in [2.24, 2.45) is 7.05 Å². The van der Waals surface area contributed by atoms with Gasteiger partial charge in [0.2, 0.25) is 5.95 Å². The van der Waals surface area contributed by atoms with Crippen molar-refractivity contribution in [2.45, 2.75) is 18.5 Å². The summed E-state index contributed by atoms with van der Waals surface area (Å²) < 4.78 is 14.7. The highest BCUT2D eigenvalue weighted by Gasteiger charge is 2.42. The number of anilines is 1. The molecule has 0 aliphatic heterocycles. The molecule has 0 spiro atoms. The number of hydrogen-bond acceptors (Lipinski definition) is 3. The highest BCUT2D eigenvalue weighted by Crippen LogP contribution is 2.39. The second-order valence-electron chi connectivity index (χ2n) is 3.25. The lowest BCUT2D eigenvalue weighted by atomic mass is 10.4. The molecular weight excluding hydrogens is 159 g/mol. The molecule has 0 unspecified atom stereocenters. The number of halogens is 1. The van der Waals surface area contributed by atoms with E-state index in [1.807, 2.05) is 0 Å². The van der Waals surface area contributed by atoms with Crippen molar-refractivity contribution in [1.82, 2.24) is 14.8 Å². The first kappa shape index (κ1) is 7.52. The lowest BCUT2D eigenvalue weighted by Crippen LogP contribution is -2.16. The second-order valence-corrected chi connectivity index (χ2v) is 3.25. The highest BCUT2D eigenvalue weighted by atomic mass is 19.1. The summed E-state index contributed by atoms with van der Waals surface area (Å²) in [5.74, 6) is 0.501. The molecule has 2 rings (SSSR count). The van der Waals surface area contributed by atoms with E-state index in [1.165, 1.54) is 0 Å². The topological polar surface area (TPSA) is 42.7 Å². The first-order valence-corrected chi connectivity index (χ1v) is 3.96. The number of nitrogens with one attached hydrogen (secondary N) is 1. The van der Waals surface area contributed by atoms with Gasteiger partial charge >= 0.3 is 0 Å². The van der Waals surface area contributed by atoms with Crippen LogP contribution in [0.25, 0.3) is 0 Å². The molecule has 1 aliphatic carbocycles. The van der Waals surface area contributed by atoms with Gasteiger partial charge in [-0.05, 0) is 12.8 Å². The molecule has 0 amide bonds. The van der Waals surface area contributed by atoms with Crippen LogP contribution in [-0.2, 0) is 7.05 Å². The van der Waals surface area contributed by atoms with Crippen LogP contribution in [0, 0.1) is 0 Å². The van der Waals surface area contributed by atoms with Crippen molar-refractivity contribution in [3.8, 4) is 0 Å². The third kappa shape index (κ3) is 1.54. The molecular formula is C7H11FN4. The predicted octanol–water partition coefficient (Wildman–Crippen LogP) is 0.729. The molecule has 4 nitrogen and oxygen atoms in total. The van der Waals surface area contributed by atoms with E-state index in [1.54, 1.807) is 18.1 Å². The number of nitrogens with zero attached hydrogens (tertiary/aromatic N) is 3. The summed E-state index contributed by atoms with van der Waals surface area (Å²) in [5, 5.41) is 6.82. The molecule has 1 heterocycles. The van der Waals surface area contributed by atoms with Gasteiger partial charge in [-0.15, -0.1) is 5.10 Å². The molecule has 0 aromatic carbocycles. The Kier molecular flexibility index (Phi) is 1.52. The van der Waals surface area contributed by atoms with Gasteiger partial charge in [0.1, 0.15) is 12.0 Å². The predicted molar refractivity (Wildman–Crippen MR) is 42.6 cm³/mol. The zero-order valence-electron chi connectivity index (χ0n) is 6.92. The van der Waals surface area contributed by atoms with Crippen molar-refractivity contribution in [3.63, 3.8) is 0 Å². The molecule has 5 heteroatoms. The van der Waals surface area contributed by atoms with E-state index in [2.05, 4.69) is 15.4 Å². The normalized spacial score (nSPS) is 19.2. The Bertz CT molecular complexity index is 279. The van der Waals surface area contributed by atoms with Crippen molar-refractivity contribution >= 4 is 5.95 Å². The first-order chi connectivity index (χ1) is 5.68. The van der Waals surface area contributed by atoms with Crippen LogP contribution < -0.4 is 5.32 Å². The fourth-order valence-corrected chi connectivity index (χ4v) is 0.970. The van der Waals surface area contributed by atoms with E-state index >= 15 is 0 Å². The number of hydrogen-bond donors (Lipinski definition) is 1. The van der Waals surface area contributed by atoms with E-state index in [-0.39, 0.29) is 0 Å². The average molecular weight is 170 g/mol. The Hall–Kier alpha value is -1.13. The molecule has 1 fully saturated rings. The molecule has 0 saturated heterocycles. The molecule has 1 aliphatic rings. The van der Waals surface area contributed by atoms with E-state index in [9.17, 15) is 4.39 Å². The first-order valence-electron chi connectivity index (χ1n) is 3.96. The Morgan fingerprint density at radius 2 is 2.50 bits per heavy atom. The van der Waals surface area contributed by atoms with Crippen LogP contribution in [0.4, 0.5) is 10.3 Å². The van der Waals surface area contributed by atoms with Gasteiger partial charge in [-0.2, -0.15) is 0 Å². The maximum Gasteiger partial charge on any atom is 0.242 e. The van der Waals surface area contributed by atoms with Crippen LogP contribution in [0.3, 0.4) is 0 Å². The van der Waals surface area contributed by atoms with Crippen molar-refractivity contribution in [2.75, 3.05) is 11.9 Å². The van der Waals surface area contributed by atoms with Crippen LogP contribution in [0.15, 0.2) is 6.33 Å². The quantitative estimate of drug-likeness (QED) is 0.727. The van der Waals surface area contributed by atoms with Crippen molar-refractivity contribution in [3.05, 3.63) is 6.33 Å². The molecule has 0 bridgehead atoms. The smallest absolute Gasteiger partial charge is 0.242 e. The summed E-state index contributed by atoms with van der Waals surface area (Å²) in [6.07, 6.45) is 2.90. The summed E-state index contributed by atoms with van der Waals surface area (Å²) in [6.45, 7) is 0.330. The molecule has 12 heavy (non-hydrogen) atoms. The van der Waals surface area contributed by atoms with Gasteiger partial charge in [0.25, 0.3) is 0 Å². The third-order valence-corrected chi connectivity index (χ3v) is 1.96. The summed E-state index contributed by atoms with van der Waals surface area (Å²) in [4.78, 5) is 3.92. The maximum absolute atomic E-state index is 13.1. The summed E-state index contributed by atoms with van der Waals surface area (Å²) in [7, 11) is 1.78. The number of aromatic nitrogens is 3. The van der Waals surface area contributed by atoms with E-state index in [4.69, 9.17) is 0 Å². The van der Waals surface area contributed by atoms with Gasteiger partial charge in [0.05, 0.1) is 6.54 Å². The Balaban J connectivity index is 1.87. The highest BCUT2D eigenvalue weighted by molar-refractivity contribution is 5.23. The number of alkyl halides is 1. The minimum atomic E-state index is -0.987. The SMILES string of the molecule is Cn1cnc(NCC2(F)CC2)n1. The van der Waals surface area contributed by atoms with Crippen molar-refractivity contribution < 1.29 is 4.39 Å². The lowest BCUT2D eigenvalue weighted by Gasteiger charge is -2.03. The van der Waals surface area contributed by atoms with E-state index < -0.39 is 5.67 Å². The zero-order chi connectivity index (χ0) is 8.60. The van der Waals surface area contributed by atoms with Gasteiger partial charge in [-0.1, -0.05) is 0 Å². The van der Waals surface area contributed by atoms with Crippen LogP contribution in [0.2, 0.25) is 0 Å². The van der Waals surface area contributed by atoms with E-state index in [0.717, 1.165) is 0 Å². The largest absolute Gasteiger partial charge is 0.350 e. The Morgan fingerprint density at radius 3 is 3.00 bits per heavy atom. The number of rotatable bonds is 3. The minimum Gasteiger partial charge on any atom is -0.350 e. The lowest BCUT2D eigenvalue weighted by molar-refractivity contribution is 0.326. The third-order valence-electron chi connectivity index (χ3n) is 1.96. The van der Waals surface area contributed by atoms with Crippen LogP contribution >= 0.6 is 0 Å². The minimum absolute atomic E-state index is 0.330. The van der Waals surface area contributed by atoms with Gasteiger partial charge < -0.3 is 5.32 Å². The average Bonchev–Trinajstić information content (AvgIpc) is 2.60. The van der Waals surface area contributed by atoms with Crippen LogP contribution in [0.5, 0.6) is 0 Å². The zero-order valence-corrected chi connectivity index (χ0v) is 6.92. The molecule has 66 valence electrons. The summed E-state index contributed by atoms with van der Waals surface area (Å²) in [5.41, 5.74) is -0.987. The molecule has 1 aromatic rings. The summed E-state index contributed by atoms with van der Waals surface area (Å²) in [6, 6.07) is 0. The van der Waals surface area contributed by atoms with Gasteiger partial charge in [0.15, 0.2) is 0 Å². The number of aryl methyl sites for hydroxylation is 1. The van der Waals surface area contributed by atoms with Crippen LogP contribution in [0.1, 0.15) is 12.8 Å². The van der Waals surface area contributed by atoms with Crippen LogP contribution in [-0.4, -0.2) is 27.0 Å². The Labute approximate surface area is 69.8 Å². The van der Waals surface area contributed by atoms with Gasteiger partial charge in [-0.25, -0.2) is 9.37 Å². The molecule has 0 radical (unpaired) electrons. The standard InChI is InChI=1S/C7H11FN4/c1-12-5-10-6(11-12)9-4-7(8)2-3-7/h5H,2-4H2,1H3,(H,9,11). The van der Waals surface area contributed by atoms with Crippen molar-refractivity contribution in [1.29, 1.82) is 0 Å². The molecule has 0 atom stereocenters. The fourth-order valence-electron chi connectivity index (χ4n) is 0.970. The Morgan fingerprint density at radius 1 is 1.75 bits per heavy atom. The molecule has 1 N–H and O–H groups in total. The molecule has 1 aromatic heterocycles. The second kappa shape index (κ2) is 2.43. The fraction of sp³-hybridized carbons (Fsp3) is 0.714. The van der Waals surface area contributed by atoms with Gasteiger partial charge in [-0.3, -0.25) is 4.68 Å². The monoisotopic (exact) mass is 170 g/mol.